The molecule has 1 N–H and O–H groups in total. The van der Waals surface area contributed by atoms with Crippen molar-refractivity contribution in [3.8, 4) is 0 Å². The van der Waals surface area contributed by atoms with Crippen LogP contribution in [0.4, 0.5) is 0 Å². The number of halogens is 1. The molecule has 0 amide bonds. The first-order valence-electron chi connectivity index (χ1n) is 8.74. The third kappa shape index (κ3) is 3.99. The van der Waals surface area contributed by atoms with Crippen molar-refractivity contribution < 1.29 is 17.9 Å². The van der Waals surface area contributed by atoms with Gasteiger partial charge in [0.25, 0.3) is 0 Å². The molecule has 1 saturated carbocycles. The maximum Gasteiger partial charge on any atom is 0.328 e. The number of rotatable bonds is 5. The van der Waals surface area contributed by atoms with E-state index < -0.39 is 37.1 Å². The maximum absolute atomic E-state index is 13.1. The summed E-state index contributed by atoms with van der Waals surface area (Å²) in [4.78, 5) is 13.1. The lowest BCUT2D eigenvalue weighted by molar-refractivity contribution is -0.158. The van der Waals surface area contributed by atoms with Gasteiger partial charge in [0.15, 0.2) is 0 Å². The lowest BCUT2D eigenvalue weighted by Gasteiger charge is -2.28. The van der Waals surface area contributed by atoms with Gasteiger partial charge in [-0.2, -0.15) is 4.72 Å². The van der Waals surface area contributed by atoms with Crippen LogP contribution in [0.5, 0.6) is 0 Å². The van der Waals surface area contributed by atoms with Gasteiger partial charge in [0, 0.05) is 9.23 Å². The van der Waals surface area contributed by atoms with Crippen molar-refractivity contribution in [1.82, 2.24) is 4.72 Å². The lowest BCUT2D eigenvalue weighted by Crippen LogP contribution is -2.52. The van der Waals surface area contributed by atoms with E-state index in [2.05, 4.69) is 20.7 Å². The van der Waals surface area contributed by atoms with Crippen molar-refractivity contribution in [3.05, 3.63) is 45.8 Å². The van der Waals surface area contributed by atoms with Crippen molar-refractivity contribution in [2.45, 2.75) is 61.7 Å². The molecular formula is C19H24BrNO4S2. The van der Waals surface area contributed by atoms with Crippen LogP contribution in [0.2, 0.25) is 0 Å². The first-order valence-corrected chi connectivity index (χ1v) is 12.0. The van der Waals surface area contributed by atoms with Crippen LogP contribution in [0.3, 0.4) is 0 Å². The van der Waals surface area contributed by atoms with Gasteiger partial charge in [-0.25, -0.2) is 13.2 Å². The number of carbonyl (C=O) groups is 1. The first-order chi connectivity index (χ1) is 12.4. The van der Waals surface area contributed by atoms with Gasteiger partial charge in [-0.3, -0.25) is 0 Å². The highest BCUT2D eigenvalue weighted by Gasteiger charge is 2.73. The Morgan fingerprint density at radius 1 is 1.30 bits per heavy atom. The fourth-order valence-corrected chi connectivity index (χ4v) is 7.58. The van der Waals surface area contributed by atoms with E-state index in [1.165, 1.54) is 11.8 Å². The summed E-state index contributed by atoms with van der Waals surface area (Å²) in [7, 11) is -3.74. The summed E-state index contributed by atoms with van der Waals surface area (Å²) >= 11 is 4.57. The third-order valence-corrected chi connectivity index (χ3v) is 9.27. The second-order valence-electron chi connectivity index (χ2n) is 8.22. The van der Waals surface area contributed by atoms with Crippen molar-refractivity contribution in [1.29, 1.82) is 0 Å². The fraction of sp³-hybridized carbons (Fsp3) is 0.526. The second-order valence-corrected chi connectivity index (χ2v) is 13.0. The third-order valence-electron chi connectivity index (χ3n) is 4.97. The number of allylic oxidation sites excluding steroid dienone is 1. The zero-order valence-electron chi connectivity index (χ0n) is 15.8. The number of hydrogen-bond acceptors (Lipinski definition) is 5. The molecule has 0 aromatic heterocycles. The van der Waals surface area contributed by atoms with Crippen LogP contribution in [0.1, 0.15) is 46.1 Å². The van der Waals surface area contributed by atoms with Crippen LogP contribution in [-0.2, 0) is 25.0 Å². The zero-order chi connectivity index (χ0) is 20.1. The number of carbonyl (C=O) groups excluding carboxylic acids is 1. The molecule has 5 nitrogen and oxygen atoms in total. The Kier molecular flexibility index (Phi) is 5.34. The maximum atomic E-state index is 13.1. The van der Waals surface area contributed by atoms with Gasteiger partial charge >= 0.3 is 5.97 Å². The molecule has 1 unspecified atom stereocenters. The van der Waals surface area contributed by atoms with Crippen LogP contribution in [-0.4, -0.2) is 30.1 Å². The summed E-state index contributed by atoms with van der Waals surface area (Å²) in [5, 5.41) is 0. The Labute approximate surface area is 173 Å². The van der Waals surface area contributed by atoms with E-state index in [1.54, 1.807) is 20.8 Å². The molecule has 2 aliphatic rings. The van der Waals surface area contributed by atoms with Gasteiger partial charge in [-0.05, 0) is 55.1 Å². The highest BCUT2D eigenvalue weighted by Crippen LogP contribution is 2.59. The summed E-state index contributed by atoms with van der Waals surface area (Å²) in [6, 6.07) is 9.51. The Bertz CT molecular complexity index is 879. The van der Waals surface area contributed by atoms with E-state index in [0.29, 0.717) is 12.8 Å². The monoisotopic (exact) mass is 473 g/mol. The van der Waals surface area contributed by atoms with E-state index in [-0.39, 0.29) is 0 Å². The molecule has 0 spiro atoms. The molecule has 1 aromatic rings. The first kappa shape index (κ1) is 20.9. The van der Waals surface area contributed by atoms with Gasteiger partial charge in [-0.15, -0.1) is 0 Å². The Hall–Kier alpha value is -0.830. The van der Waals surface area contributed by atoms with Gasteiger partial charge in [-0.1, -0.05) is 55.1 Å². The van der Waals surface area contributed by atoms with Crippen LogP contribution in [0.15, 0.2) is 40.2 Å². The number of nitrogens with one attached hydrogen (secondary N) is 1. The average Bonchev–Trinajstić information content (AvgIpc) is 2.92. The van der Waals surface area contributed by atoms with Gasteiger partial charge in [0.05, 0.1) is 0 Å². The normalized spacial score (nSPS) is 30.7. The average molecular weight is 474 g/mol. The summed E-state index contributed by atoms with van der Waals surface area (Å²) in [5.74, 6) is -0.528. The van der Waals surface area contributed by atoms with E-state index >= 15 is 0 Å². The largest absolute Gasteiger partial charge is 0.459 e. The molecule has 0 saturated heterocycles. The van der Waals surface area contributed by atoms with E-state index in [0.717, 1.165) is 9.38 Å². The van der Waals surface area contributed by atoms with E-state index in [9.17, 15) is 13.2 Å². The molecule has 0 bridgehead atoms. The van der Waals surface area contributed by atoms with Crippen molar-refractivity contribution in [2.24, 2.45) is 0 Å². The number of hydrogen-bond donors (Lipinski definition) is 1. The predicted molar refractivity (Wildman–Crippen MR) is 112 cm³/mol. The minimum absolute atomic E-state index is 0.365. The molecule has 3 rings (SSSR count). The fourth-order valence-electron chi connectivity index (χ4n) is 3.40. The molecule has 1 heterocycles. The molecule has 1 aliphatic carbocycles. The highest BCUT2D eigenvalue weighted by molar-refractivity contribution is 9.14. The van der Waals surface area contributed by atoms with Crippen LogP contribution in [0.25, 0.3) is 0 Å². The summed E-state index contributed by atoms with van der Waals surface area (Å²) in [5.41, 5.74) is -1.74. The Balaban J connectivity index is 1.94. The van der Waals surface area contributed by atoms with Gasteiger partial charge in [0.2, 0.25) is 10.0 Å². The van der Waals surface area contributed by atoms with Gasteiger partial charge < -0.3 is 4.74 Å². The minimum Gasteiger partial charge on any atom is -0.459 e. The predicted octanol–water partition coefficient (Wildman–Crippen LogP) is 4.05. The summed E-state index contributed by atoms with van der Waals surface area (Å²) < 4.78 is 34.6. The number of ether oxygens (including phenoxy) is 1. The van der Waals surface area contributed by atoms with Crippen molar-refractivity contribution in [2.75, 3.05) is 0 Å². The second kappa shape index (κ2) is 6.90. The highest BCUT2D eigenvalue weighted by atomic mass is 79.9. The number of sulfonamides is 1. The van der Waals surface area contributed by atoms with Crippen molar-refractivity contribution in [3.63, 3.8) is 0 Å². The van der Waals surface area contributed by atoms with Crippen molar-refractivity contribution >= 4 is 43.7 Å². The van der Waals surface area contributed by atoms with E-state index in [1.807, 2.05) is 43.3 Å². The molecule has 8 heteroatoms. The lowest BCUT2D eigenvalue weighted by atomic mass is 9.93. The number of esters is 1. The zero-order valence-corrected chi connectivity index (χ0v) is 19.0. The number of benzene rings is 1. The van der Waals surface area contributed by atoms with E-state index in [4.69, 9.17) is 4.74 Å². The molecule has 1 aromatic carbocycles. The minimum atomic E-state index is -3.74. The topological polar surface area (TPSA) is 72.5 Å². The quantitative estimate of drug-likeness (QED) is 0.652. The molecule has 148 valence electrons. The van der Waals surface area contributed by atoms with Crippen LogP contribution in [0, 0.1) is 0 Å². The summed E-state index contributed by atoms with van der Waals surface area (Å²) in [6.07, 6.45) is 2.59. The van der Waals surface area contributed by atoms with Crippen LogP contribution >= 0.6 is 27.7 Å². The molecule has 3 atom stereocenters. The molecule has 1 aliphatic heterocycles. The standard InChI is InChI=1S/C19H24BrNO4S2/c1-17(2,3)25-16(22)19(12-18(19,4)13-8-6-5-7-9-13)21-27(23,24)15-11-10-14(20)26-15/h5-10,15,21H,11-12H2,1-4H3/t15?,18-,19-/m1/s1. The SMILES string of the molecule is CC(C)(C)OC(=O)[C@]1(NS(=O)(=O)C2CC=C(Br)S2)C[C@]1(C)c1ccccc1. The van der Waals surface area contributed by atoms with Gasteiger partial charge in [0.1, 0.15) is 15.7 Å². The molecular weight excluding hydrogens is 450 g/mol. The Morgan fingerprint density at radius 2 is 1.93 bits per heavy atom. The smallest absolute Gasteiger partial charge is 0.328 e. The molecule has 27 heavy (non-hydrogen) atoms. The Morgan fingerprint density at radius 3 is 2.44 bits per heavy atom. The molecule has 0 radical (unpaired) electrons. The molecule has 1 fully saturated rings. The summed E-state index contributed by atoms with van der Waals surface area (Å²) in [6.45, 7) is 7.25. The number of thioether (sulfide) groups is 1. The van der Waals surface area contributed by atoms with Crippen LogP contribution < -0.4 is 4.72 Å².